The molecule has 2 rings (SSSR count). The van der Waals surface area contributed by atoms with Crippen molar-refractivity contribution in [3.63, 3.8) is 0 Å². The SMILES string of the molecule is Cc1cccc(C(=O)N2CCC(N)C2)c1C.Cl. The molecule has 0 saturated carbocycles. The summed E-state index contributed by atoms with van der Waals surface area (Å²) < 4.78 is 0. The molecule has 1 aromatic rings. The molecule has 1 saturated heterocycles. The molecule has 0 aromatic heterocycles. The molecule has 0 spiro atoms. The van der Waals surface area contributed by atoms with E-state index in [1.54, 1.807) is 0 Å². The summed E-state index contributed by atoms with van der Waals surface area (Å²) in [5.41, 5.74) is 8.87. The molecule has 0 bridgehead atoms. The maximum atomic E-state index is 12.2. The summed E-state index contributed by atoms with van der Waals surface area (Å²) in [4.78, 5) is 14.1. The van der Waals surface area contributed by atoms with Crippen LogP contribution in [0.25, 0.3) is 0 Å². The number of rotatable bonds is 1. The van der Waals surface area contributed by atoms with Crippen LogP contribution in [0, 0.1) is 13.8 Å². The Balaban J connectivity index is 0.00000144. The summed E-state index contributed by atoms with van der Waals surface area (Å²) in [6.07, 6.45) is 0.913. The zero-order chi connectivity index (χ0) is 11.7. The highest BCUT2D eigenvalue weighted by atomic mass is 35.5. The van der Waals surface area contributed by atoms with Crippen molar-refractivity contribution in [3.8, 4) is 0 Å². The Kier molecular flexibility index (Phi) is 4.54. The minimum absolute atomic E-state index is 0. The van der Waals surface area contributed by atoms with Crippen molar-refractivity contribution in [2.24, 2.45) is 5.73 Å². The van der Waals surface area contributed by atoms with E-state index in [1.165, 1.54) is 0 Å². The van der Waals surface area contributed by atoms with Crippen molar-refractivity contribution < 1.29 is 4.79 Å². The third-order valence-corrected chi connectivity index (χ3v) is 3.35. The number of nitrogens with zero attached hydrogens (tertiary/aromatic N) is 1. The molecule has 17 heavy (non-hydrogen) atoms. The standard InChI is InChI=1S/C13H18N2O.ClH/c1-9-4-3-5-12(10(9)2)13(16)15-7-6-11(14)8-15;/h3-5,11H,6-8,14H2,1-2H3;1H. The second kappa shape index (κ2) is 5.52. The van der Waals surface area contributed by atoms with Gasteiger partial charge in [0.2, 0.25) is 0 Å². The zero-order valence-corrected chi connectivity index (χ0v) is 11.1. The van der Waals surface area contributed by atoms with E-state index in [9.17, 15) is 4.79 Å². The van der Waals surface area contributed by atoms with Crippen LogP contribution >= 0.6 is 12.4 Å². The van der Waals surface area contributed by atoms with Gasteiger partial charge in [0.25, 0.3) is 5.91 Å². The van der Waals surface area contributed by atoms with E-state index in [-0.39, 0.29) is 24.4 Å². The first-order valence-corrected chi connectivity index (χ1v) is 5.70. The Morgan fingerprint density at radius 1 is 1.41 bits per heavy atom. The van der Waals surface area contributed by atoms with Crippen LogP contribution in [0.1, 0.15) is 27.9 Å². The number of nitrogens with two attached hydrogens (primary N) is 1. The van der Waals surface area contributed by atoms with E-state index in [0.29, 0.717) is 6.54 Å². The fraction of sp³-hybridized carbons (Fsp3) is 0.462. The lowest BCUT2D eigenvalue weighted by Crippen LogP contribution is -2.32. The first-order chi connectivity index (χ1) is 7.59. The van der Waals surface area contributed by atoms with Gasteiger partial charge in [-0.1, -0.05) is 12.1 Å². The van der Waals surface area contributed by atoms with Crippen LogP contribution in [-0.2, 0) is 0 Å². The van der Waals surface area contributed by atoms with E-state index in [2.05, 4.69) is 0 Å². The first kappa shape index (κ1) is 14.0. The Morgan fingerprint density at radius 2 is 2.12 bits per heavy atom. The lowest BCUT2D eigenvalue weighted by Gasteiger charge is -2.17. The minimum atomic E-state index is 0. The number of aryl methyl sites for hydroxylation is 1. The summed E-state index contributed by atoms with van der Waals surface area (Å²) in [5, 5.41) is 0. The molecule has 2 N–H and O–H groups in total. The molecule has 0 radical (unpaired) electrons. The third kappa shape index (κ3) is 2.79. The largest absolute Gasteiger partial charge is 0.337 e. The topological polar surface area (TPSA) is 46.3 Å². The quantitative estimate of drug-likeness (QED) is 0.832. The Hall–Kier alpha value is -1.06. The van der Waals surface area contributed by atoms with Crippen LogP contribution in [0.2, 0.25) is 0 Å². The number of carbonyl (C=O) groups excluding carboxylic acids is 1. The van der Waals surface area contributed by atoms with Crippen molar-refractivity contribution in [1.82, 2.24) is 4.90 Å². The highest BCUT2D eigenvalue weighted by Crippen LogP contribution is 2.17. The van der Waals surface area contributed by atoms with Gasteiger partial charge in [0, 0.05) is 24.7 Å². The van der Waals surface area contributed by atoms with Gasteiger partial charge in [-0.2, -0.15) is 0 Å². The fourth-order valence-corrected chi connectivity index (χ4v) is 2.12. The van der Waals surface area contributed by atoms with E-state index < -0.39 is 0 Å². The lowest BCUT2D eigenvalue weighted by molar-refractivity contribution is 0.0790. The van der Waals surface area contributed by atoms with Crippen LogP contribution in [0.15, 0.2) is 18.2 Å². The number of benzene rings is 1. The number of likely N-dealkylation sites (tertiary alicyclic amines) is 1. The van der Waals surface area contributed by atoms with Crippen LogP contribution in [-0.4, -0.2) is 29.9 Å². The van der Waals surface area contributed by atoms with Gasteiger partial charge >= 0.3 is 0 Å². The molecule has 1 fully saturated rings. The molecule has 1 aliphatic rings. The van der Waals surface area contributed by atoms with E-state index in [0.717, 1.165) is 29.7 Å². The fourth-order valence-electron chi connectivity index (χ4n) is 2.12. The highest BCUT2D eigenvalue weighted by molar-refractivity contribution is 5.96. The molecular weight excluding hydrogens is 236 g/mol. The molecule has 1 aliphatic heterocycles. The predicted molar refractivity (Wildman–Crippen MR) is 71.7 cm³/mol. The Labute approximate surface area is 108 Å². The molecule has 1 unspecified atom stereocenters. The van der Waals surface area contributed by atoms with Gasteiger partial charge in [0.05, 0.1) is 0 Å². The van der Waals surface area contributed by atoms with E-state index in [1.807, 2.05) is 36.9 Å². The number of hydrogen-bond acceptors (Lipinski definition) is 2. The monoisotopic (exact) mass is 254 g/mol. The maximum Gasteiger partial charge on any atom is 0.254 e. The van der Waals surface area contributed by atoms with E-state index >= 15 is 0 Å². The highest BCUT2D eigenvalue weighted by Gasteiger charge is 2.25. The average Bonchev–Trinajstić information content (AvgIpc) is 2.68. The first-order valence-electron chi connectivity index (χ1n) is 5.70. The van der Waals surface area contributed by atoms with Crippen LogP contribution < -0.4 is 5.73 Å². The average molecular weight is 255 g/mol. The van der Waals surface area contributed by atoms with Gasteiger partial charge in [-0.15, -0.1) is 12.4 Å². The molecular formula is C13H19ClN2O. The molecule has 1 heterocycles. The van der Waals surface area contributed by atoms with E-state index in [4.69, 9.17) is 5.73 Å². The lowest BCUT2D eigenvalue weighted by atomic mass is 10.0. The van der Waals surface area contributed by atoms with Gasteiger partial charge in [-0.3, -0.25) is 4.79 Å². The number of amides is 1. The van der Waals surface area contributed by atoms with Crippen molar-refractivity contribution in [2.75, 3.05) is 13.1 Å². The molecule has 0 aliphatic carbocycles. The Morgan fingerprint density at radius 3 is 2.71 bits per heavy atom. The van der Waals surface area contributed by atoms with Gasteiger partial charge in [0.1, 0.15) is 0 Å². The number of halogens is 1. The minimum Gasteiger partial charge on any atom is -0.337 e. The maximum absolute atomic E-state index is 12.2. The smallest absolute Gasteiger partial charge is 0.254 e. The molecule has 4 heteroatoms. The summed E-state index contributed by atoms with van der Waals surface area (Å²) in [6.45, 7) is 5.50. The number of carbonyl (C=O) groups is 1. The second-order valence-electron chi connectivity index (χ2n) is 4.55. The predicted octanol–water partition coefficient (Wildman–Crippen LogP) is 1.90. The molecule has 1 atom stereocenters. The summed E-state index contributed by atoms with van der Waals surface area (Å²) >= 11 is 0. The molecule has 94 valence electrons. The van der Waals surface area contributed by atoms with Gasteiger partial charge in [0.15, 0.2) is 0 Å². The summed E-state index contributed by atoms with van der Waals surface area (Å²) in [6, 6.07) is 6.01. The Bertz CT molecular complexity index is 420. The van der Waals surface area contributed by atoms with Crippen molar-refractivity contribution in [3.05, 3.63) is 34.9 Å². The molecule has 3 nitrogen and oxygen atoms in total. The zero-order valence-electron chi connectivity index (χ0n) is 10.3. The van der Waals surface area contributed by atoms with Crippen molar-refractivity contribution in [2.45, 2.75) is 26.3 Å². The van der Waals surface area contributed by atoms with Crippen LogP contribution in [0.3, 0.4) is 0 Å². The van der Waals surface area contributed by atoms with Crippen LogP contribution in [0.4, 0.5) is 0 Å². The van der Waals surface area contributed by atoms with Gasteiger partial charge in [-0.25, -0.2) is 0 Å². The van der Waals surface area contributed by atoms with Crippen LogP contribution in [0.5, 0.6) is 0 Å². The third-order valence-electron chi connectivity index (χ3n) is 3.35. The van der Waals surface area contributed by atoms with Gasteiger partial charge < -0.3 is 10.6 Å². The summed E-state index contributed by atoms with van der Waals surface area (Å²) in [5.74, 6) is 0.120. The second-order valence-corrected chi connectivity index (χ2v) is 4.55. The van der Waals surface area contributed by atoms with Crippen molar-refractivity contribution >= 4 is 18.3 Å². The molecule has 1 amide bonds. The molecule has 1 aromatic carbocycles. The van der Waals surface area contributed by atoms with Crippen molar-refractivity contribution in [1.29, 1.82) is 0 Å². The number of hydrogen-bond donors (Lipinski definition) is 1. The summed E-state index contributed by atoms with van der Waals surface area (Å²) in [7, 11) is 0. The van der Waals surface area contributed by atoms with Gasteiger partial charge in [-0.05, 0) is 37.5 Å². The normalized spacial score (nSPS) is 19.0.